The van der Waals surface area contributed by atoms with Crippen LogP contribution in [0.15, 0.2) is 24.3 Å². The van der Waals surface area contributed by atoms with Crippen molar-refractivity contribution in [1.82, 2.24) is 0 Å². The Balaban J connectivity index is 2.51. The molecule has 0 aliphatic rings. The quantitative estimate of drug-likeness (QED) is 0.665. The highest BCUT2D eigenvalue weighted by molar-refractivity contribution is 7.16. The highest BCUT2D eigenvalue weighted by atomic mass is 32.1. The lowest BCUT2D eigenvalue weighted by molar-refractivity contribution is -0.385. The first-order valence-corrected chi connectivity index (χ1v) is 5.58. The summed E-state index contributed by atoms with van der Waals surface area (Å²) < 4.78 is 13.7. The number of nitro benzene ring substituents is 1. The van der Waals surface area contributed by atoms with Crippen LogP contribution in [-0.4, -0.2) is 4.92 Å². The topological polar surface area (TPSA) is 92.9 Å². The van der Waals surface area contributed by atoms with E-state index in [0.29, 0.717) is 9.75 Å². The van der Waals surface area contributed by atoms with Crippen molar-refractivity contribution in [2.24, 2.45) is 0 Å². The molecule has 0 unspecified atom stereocenters. The summed E-state index contributed by atoms with van der Waals surface area (Å²) in [5, 5.41) is 19.2. The van der Waals surface area contributed by atoms with Crippen molar-refractivity contribution < 1.29 is 9.31 Å². The van der Waals surface area contributed by atoms with Gasteiger partial charge in [-0.05, 0) is 12.1 Å². The second-order valence-electron chi connectivity index (χ2n) is 3.43. The van der Waals surface area contributed by atoms with Crippen molar-refractivity contribution in [2.75, 3.05) is 5.73 Å². The standard InChI is InChI=1S/C11H6FN3O2S/c12-8-3-6(15(16)17)1-2-7(8)10-4-9(14)11(5-13)18-10/h1-4H,14H2. The van der Waals surface area contributed by atoms with Crippen molar-refractivity contribution >= 4 is 22.7 Å². The fourth-order valence-corrected chi connectivity index (χ4v) is 2.35. The minimum Gasteiger partial charge on any atom is -0.397 e. The lowest BCUT2D eigenvalue weighted by Crippen LogP contribution is -1.90. The van der Waals surface area contributed by atoms with Crippen molar-refractivity contribution in [3.8, 4) is 16.5 Å². The van der Waals surface area contributed by atoms with Crippen LogP contribution < -0.4 is 5.73 Å². The summed E-state index contributed by atoms with van der Waals surface area (Å²) in [5.74, 6) is -0.713. The molecule has 0 aliphatic carbocycles. The van der Waals surface area contributed by atoms with Crippen LogP contribution in [0.3, 0.4) is 0 Å². The van der Waals surface area contributed by atoms with Crippen molar-refractivity contribution in [2.45, 2.75) is 0 Å². The predicted molar refractivity (Wildman–Crippen MR) is 65.5 cm³/mol. The molecule has 2 rings (SSSR count). The molecule has 7 heteroatoms. The molecule has 5 nitrogen and oxygen atoms in total. The molecule has 2 N–H and O–H groups in total. The van der Waals surface area contributed by atoms with E-state index in [2.05, 4.69) is 0 Å². The first kappa shape index (κ1) is 12.0. The van der Waals surface area contributed by atoms with Crippen LogP contribution in [0.1, 0.15) is 4.88 Å². The average Bonchev–Trinajstić information content (AvgIpc) is 2.70. The van der Waals surface area contributed by atoms with Gasteiger partial charge in [0.25, 0.3) is 5.69 Å². The van der Waals surface area contributed by atoms with Gasteiger partial charge in [-0.15, -0.1) is 11.3 Å². The predicted octanol–water partition coefficient (Wildman–Crippen LogP) is 2.92. The fraction of sp³-hybridized carbons (Fsp3) is 0. The van der Waals surface area contributed by atoms with Gasteiger partial charge in [-0.3, -0.25) is 10.1 Å². The second-order valence-corrected chi connectivity index (χ2v) is 4.48. The molecule has 1 heterocycles. The van der Waals surface area contributed by atoms with E-state index in [-0.39, 0.29) is 16.9 Å². The molecule has 0 amide bonds. The number of hydrogen-bond donors (Lipinski definition) is 1. The molecular formula is C11H6FN3O2S. The smallest absolute Gasteiger partial charge is 0.272 e. The summed E-state index contributed by atoms with van der Waals surface area (Å²) in [5.41, 5.74) is 5.72. The third-order valence-corrected chi connectivity index (χ3v) is 3.38. The third kappa shape index (κ3) is 2.01. The molecule has 0 atom stereocenters. The number of hydrogen-bond acceptors (Lipinski definition) is 5. The number of anilines is 1. The Labute approximate surface area is 105 Å². The monoisotopic (exact) mass is 263 g/mol. The van der Waals surface area contributed by atoms with Gasteiger partial charge in [-0.25, -0.2) is 4.39 Å². The Hall–Kier alpha value is -2.46. The first-order chi connectivity index (χ1) is 8.52. The van der Waals surface area contributed by atoms with Crippen molar-refractivity contribution in [1.29, 1.82) is 5.26 Å². The Morgan fingerprint density at radius 1 is 1.44 bits per heavy atom. The lowest BCUT2D eigenvalue weighted by Gasteiger charge is -1.99. The number of rotatable bonds is 2. The Morgan fingerprint density at radius 3 is 2.67 bits per heavy atom. The Morgan fingerprint density at radius 2 is 2.17 bits per heavy atom. The number of halogens is 1. The minimum absolute atomic E-state index is 0.193. The number of nitrogens with zero attached hydrogens (tertiary/aromatic N) is 2. The van der Waals surface area contributed by atoms with Crippen LogP contribution in [0.4, 0.5) is 15.8 Å². The number of thiophene rings is 1. The van der Waals surface area contributed by atoms with Crippen LogP contribution >= 0.6 is 11.3 Å². The molecule has 0 radical (unpaired) electrons. The molecule has 18 heavy (non-hydrogen) atoms. The molecule has 0 fully saturated rings. The van der Waals surface area contributed by atoms with Crippen LogP contribution in [0, 0.1) is 27.3 Å². The summed E-state index contributed by atoms with van der Waals surface area (Å²) >= 11 is 1.05. The van der Waals surface area contributed by atoms with Crippen LogP contribution in [0.5, 0.6) is 0 Å². The number of nitro groups is 1. The van der Waals surface area contributed by atoms with E-state index in [4.69, 9.17) is 11.0 Å². The summed E-state index contributed by atoms with van der Waals surface area (Å²) in [6, 6.07) is 6.74. The summed E-state index contributed by atoms with van der Waals surface area (Å²) in [7, 11) is 0. The highest BCUT2D eigenvalue weighted by Gasteiger charge is 2.15. The van der Waals surface area contributed by atoms with Gasteiger partial charge in [0.15, 0.2) is 0 Å². The van der Waals surface area contributed by atoms with Crippen molar-refractivity contribution in [3.63, 3.8) is 0 Å². The highest BCUT2D eigenvalue weighted by Crippen LogP contribution is 2.35. The number of benzene rings is 1. The van der Waals surface area contributed by atoms with Gasteiger partial charge in [-0.2, -0.15) is 5.26 Å². The Bertz CT molecular complexity index is 675. The molecular weight excluding hydrogens is 257 g/mol. The van der Waals surface area contributed by atoms with Crippen LogP contribution in [0.25, 0.3) is 10.4 Å². The van der Waals surface area contributed by atoms with Gasteiger partial charge in [0.05, 0.1) is 16.7 Å². The van der Waals surface area contributed by atoms with E-state index < -0.39 is 10.7 Å². The molecule has 1 aromatic carbocycles. The average molecular weight is 263 g/mol. The molecule has 90 valence electrons. The maximum atomic E-state index is 13.7. The molecule has 0 aliphatic heterocycles. The molecule has 2 aromatic rings. The summed E-state index contributed by atoms with van der Waals surface area (Å²) in [6.07, 6.45) is 0. The third-order valence-electron chi connectivity index (χ3n) is 2.29. The van der Waals surface area contributed by atoms with Gasteiger partial charge >= 0.3 is 0 Å². The zero-order valence-corrected chi connectivity index (χ0v) is 9.70. The van der Waals surface area contributed by atoms with Crippen LogP contribution in [-0.2, 0) is 0 Å². The molecule has 0 bridgehead atoms. The molecule has 0 saturated heterocycles. The van der Waals surface area contributed by atoms with E-state index in [1.807, 2.05) is 6.07 Å². The van der Waals surface area contributed by atoms with E-state index in [1.165, 1.54) is 18.2 Å². The normalized spacial score (nSPS) is 10.0. The SMILES string of the molecule is N#Cc1sc(-c2ccc([N+](=O)[O-])cc2F)cc1N. The number of nitrogen functional groups attached to an aromatic ring is 1. The number of non-ortho nitro benzene ring substituents is 1. The number of nitriles is 1. The summed E-state index contributed by atoms with van der Waals surface area (Å²) in [6.45, 7) is 0. The molecule has 0 spiro atoms. The van der Waals surface area contributed by atoms with E-state index in [9.17, 15) is 14.5 Å². The maximum absolute atomic E-state index is 13.7. The van der Waals surface area contributed by atoms with E-state index in [1.54, 1.807) is 0 Å². The second kappa shape index (κ2) is 4.43. The van der Waals surface area contributed by atoms with E-state index in [0.717, 1.165) is 17.4 Å². The first-order valence-electron chi connectivity index (χ1n) is 4.76. The lowest BCUT2D eigenvalue weighted by atomic mass is 10.1. The zero-order valence-electron chi connectivity index (χ0n) is 8.88. The largest absolute Gasteiger partial charge is 0.397 e. The molecule has 1 aromatic heterocycles. The van der Waals surface area contributed by atoms with Gasteiger partial charge in [0.2, 0.25) is 0 Å². The van der Waals surface area contributed by atoms with Crippen molar-refractivity contribution in [3.05, 3.63) is 45.1 Å². The maximum Gasteiger partial charge on any atom is 0.272 e. The minimum atomic E-state index is -0.713. The summed E-state index contributed by atoms with van der Waals surface area (Å²) in [4.78, 5) is 10.6. The fourth-order valence-electron chi connectivity index (χ4n) is 1.44. The Kier molecular flexibility index (Phi) is 2.95. The van der Waals surface area contributed by atoms with Crippen LogP contribution in [0.2, 0.25) is 0 Å². The zero-order chi connectivity index (χ0) is 13.3. The van der Waals surface area contributed by atoms with Gasteiger partial charge in [-0.1, -0.05) is 0 Å². The molecule has 0 saturated carbocycles. The van der Waals surface area contributed by atoms with Gasteiger partial charge in [0, 0.05) is 16.5 Å². The van der Waals surface area contributed by atoms with E-state index >= 15 is 0 Å². The van der Waals surface area contributed by atoms with Gasteiger partial charge < -0.3 is 5.73 Å². The number of nitrogens with two attached hydrogens (primary N) is 1. The van der Waals surface area contributed by atoms with Gasteiger partial charge in [0.1, 0.15) is 16.8 Å².